The lowest BCUT2D eigenvalue weighted by molar-refractivity contribution is 0.409. The van der Waals surface area contributed by atoms with E-state index in [1.807, 2.05) is 6.07 Å². The van der Waals surface area contributed by atoms with Gasteiger partial charge in [-0.05, 0) is 49.6 Å². The van der Waals surface area contributed by atoms with Gasteiger partial charge < -0.3 is 15.4 Å². The van der Waals surface area contributed by atoms with E-state index in [-0.39, 0.29) is 0 Å². The third-order valence-electron chi connectivity index (χ3n) is 4.12. The molecule has 2 aromatic carbocycles. The van der Waals surface area contributed by atoms with Crippen LogP contribution in [-0.4, -0.2) is 13.7 Å². The van der Waals surface area contributed by atoms with Gasteiger partial charge in [-0.1, -0.05) is 17.7 Å². The molecule has 0 bridgehead atoms. The SMILES string of the molecule is COc1ccc(C)cc1CN1CCCc2cc(N)ccc21. The van der Waals surface area contributed by atoms with Gasteiger partial charge in [-0.15, -0.1) is 0 Å². The molecular formula is C18H22N2O. The maximum atomic E-state index is 5.91. The van der Waals surface area contributed by atoms with Crippen molar-refractivity contribution >= 4 is 11.4 Å². The zero-order valence-corrected chi connectivity index (χ0v) is 12.7. The predicted octanol–water partition coefficient (Wildman–Crippen LogP) is 3.54. The Morgan fingerprint density at radius 2 is 2.05 bits per heavy atom. The topological polar surface area (TPSA) is 38.5 Å². The third-order valence-corrected chi connectivity index (χ3v) is 4.12. The second-order valence-corrected chi connectivity index (χ2v) is 5.73. The monoisotopic (exact) mass is 282 g/mol. The lowest BCUT2D eigenvalue weighted by atomic mass is 10.00. The average molecular weight is 282 g/mol. The molecule has 0 aliphatic carbocycles. The van der Waals surface area contributed by atoms with Crippen molar-refractivity contribution in [1.29, 1.82) is 0 Å². The Balaban J connectivity index is 1.92. The van der Waals surface area contributed by atoms with E-state index in [1.54, 1.807) is 7.11 Å². The Hall–Kier alpha value is -2.16. The zero-order chi connectivity index (χ0) is 14.8. The lowest BCUT2D eigenvalue weighted by Gasteiger charge is -2.32. The van der Waals surface area contributed by atoms with Gasteiger partial charge in [0.1, 0.15) is 5.75 Å². The van der Waals surface area contributed by atoms with Gasteiger partial charge in [-0.25, -0.2) is 0 Å². The minimum absolute atomic E-state index is 0.851. The molecule has 0 fully saturated rings. The van der Waals surface area contributed by atoms with Crippen molar-refractivity contribution in [2.45, 2.75) is 26.3 Å². The third kappa shape index (κ3) is 2.82. The maximum Gasteiger partial charge on any atom is 0.123 e. The minimum atomic E-state index is 0.851. The summed E-state index contributed by atoms with van der Waals surface area (Å²) in [4.78, 5) is 2.43. The molecular weight excluding hydrogens is 260 g/mol. The first-order chi connectivity index (χ1) is 10.2. The Bertz CT molecular complexity index is 652. The van der Waals surface area contributed by atoms with E-state index in [9.17, 15) is 0 Å². The van der Waals surface area contributed by atoms with Crippen molar-refractivity contribution in [1.82, 2.24) is 0 Å². The van der Waals surface area contributed by atoms with Crippen LogP contribution in [0.5, 0.6) is 5.75 Å². The van der Waals surface area contributed by atoms with E-state index in [0.717, 1.165) is 30.9 Å². The van der Waals surface area contributed by atoms with Crippen LogP contribution in [0.4, 0.5) is 11.4 Å². The van der Waals surface area contributed by atoms with Crippen LogP contribution in [0.2, 0.25) is 0 Å². The van der Waals surface area contributed by atoms with Gasteiger partial charge in [0.05, 0.1) is 7.11 Å². The molecule has 1 aliphatic rings. The number of fused-ring (bicyclic) bond motifs is 1. The molecule has 3 heteroatoms. The largest absolute Gasteiger partial charge is 0.496 e. The fraction of sp³-hybridized carbons (Fsp3) is 0.333. The highest BCUT2D eigenvalue weighted by Gasteiger charge is 2.18. The molecule has 3 rings (SSSR count). The highest BCUT2D eigenvalue weighted by Crippen LogP contribution is 2.31. The second-order valence-electron chi connectivity index (χ2n) is 5.73. The van der Waals surface area contributed by atoms with Crippen molar-refractivity contribution in [3.63, 3.8) is 0 Å². The van der Waals surface area contributed by atoms with Crippen LogP contribution in [0.25, 0.3) is 0 Å². The number of hydrogen-bond donors (Lipinski definition) is 1. The number of benzene rings is 2. The fourth-order valence-corrected chi connectivity index (χ4v) is 3.10. The van der Waals surface area contributed by atoms with Crippen molar-refractivity contribution in [2.75, 3.05) is 24.3 Å². The number of aryl methyl sites for hydroxylation is 2. The molecule has 0 aromatic heterocycles. The average Bonchev–Trinajstić information content (AvgIpc) is 2.47. The van der Waals surface area contributed by atoms with Gasteiger partial charge in [0.2, 0.25) is 0 Å². The summed E-state index contributed by atoms with van der Waals surface area (Å²) in [5.41, 5.74) is 11.9. The molecule has 0 radical (unpaired) electrons. The Morgan fingerprint density at radius 3 is 2.86 bits per heavy atom. The number of anilines is 2. The van der Waals surface area contributed by atoms with Crippen LogP contribution in [0.15, 0.2) is 36.4 Å². The van der Waals surface area contributed by atoms with Gasteiger partial charge in [0.25, 0.3) is 0 Å². The summed E-state index contributed by atoms with van der Waals surface area (Å²) >= 11 is 0. The molecule has 21 heavy (non-hydrogen) atoms. The number of nitrogen functional groups attached to an aromatic ring is 1. The summed E-state index contributed by atoms with van der Waals surface area (Å²) in [6.07, 6.45) is 2.28. The molecule has 0 spiro atoms. The number of nitrogens with two attached hydrogens (primary N) is 1. The quantitative estimate of drug-likeness (QED) is 0.875. The molecule has 110 valence electrons. The first-order valence-electron chi connectivity index (χ1n) is 7.44. The number of hydrogen-bond acceptors (Lipinski definition) is 3. The Labute approximate surface area is 126 Å². The van der Waals surface area contributed by atoms with Crippen molar-refractivity contribution in [3.8, 4) is 5.75 Å². The van der Waals surface area contributed by atoms with E-state index in [4.69, 9.17) is 10.5 Å². The van der Waals surface area contributed by atoms with E-state index < -0.39 is 0 Å². The molecule has 1 aliphatic heterocycles. The molecule has 0 saturated carbocycles. The van der Waals surface area contributed by atoms with Crippen molar-refractivity contribution in [3.05, 3.63) is 53.1 Å². The van der Waals surface area contributed by atoms with Gasteiger partial charge in [0, 0.05) is 30.0 Å². The molecule has 2 N–H and O–H groups in total. The van der Waals surface area contributed by atoms with Crippen LogP contribution in [-0.2, 0) is 13.0 Å². The van der Waals surface area contributed by atoms with Crippen LogP contribution in [0.1, 0.15) is 23.1 Å². The second kappa shape index (κ2) is 5.68. The first-order valence-corrected chi connectivity index (χ1v) is 7.44. The molecule has 0 saturated heterocycles. The van der Waals surface area contributed by atoms with Gasteiger partial charge in [-0.2, -0.15) is 0 Å². The van der Waals surface area contributed by atoms with E-state index >= 15 is 0 Å². The normalized spacial score (nSPS) is 13.9. The maximum absolute atomic E-state index is 5.91. The van der Waals surface area contributed by atoms with Crippen molar-refractivity contribution < 1.29 is 4.74 Å². The fourth-order valence-electron chi connectivity index (χ4n) is 3.10. The van der Waals surface area contributed by atoms with E-state index in [1.165, 1.54) is 28.8 Å². The smallest absolute Gasteiger partial charge is 0.123 e. The molecule has 0 amide bonds. The summed E-state index contributed by atoms with van der Waals surface area (Å²) in [6.45, 7) is 4.07. The summed E-state index contributed by atoms with van der Waals surface area (Å²) in [5, 5.41) is 0. The van der Waals surface area contributed by atoms with Gasteiger partial charge >= 0.3 is 0 Å². The first kappa shape index (κ1) is 13.8. The number of rotatable bonds is 3. The minimum Gasteiger partial charge on any atom is -0.496 e. The van der Waals surface area contributed by atoms with Crippen molar-refractivity contribution in [2.24, 2.45) is 0 Å². The number of ether oxygens (including phenoxy) is 1. The Morgan fingerprint density at radius 1 is 1.19 bits per heavy atom. The molecule has 2 aromatic rings. The number of methoxy groups -OCH3 is 1. The summed E-state index contributed by atoms with van der Waals surface area (Å²) < 4.78 is 5.50. The predicted molar refractivity (Wildman–Crippen MR) is 88.0 cm³/mol. The Kier molecular flexibility index (Phi) is 3.74. The molecule has 0 atom stereocenters. The van der Waals surface area contributed by atoms with E-state index in [0.29, 0.717) is 0 Å². The van der Waals surface area contributed by atoms with Crippen LogP contribution in [0.3, 0.4) is 0 Å². The van der Waals surface area contributed by atoms with Gasteiger partial charge in [0.15, 0.2) is 0 Å². The highest BCUT2D eigenvalue weighted by atomic mass is 16.5. The highest BCUT2D eigenvalue weighted by molar-refractivity contribution is 5.61. The van der Waals surface area contributed by atoms with Gasteiger partial charge in [-0.3, -0.25) is 0 Å². The molecule has 1 heterocycles. The van der Waals surface area contributed by atoms with E-state index in [2.05, 4.69) is 42.2 Å². The number of nitrogens with zero attached hydrogens (tertiary/aromatic N) is 1. The standard InChI is InChI=1S/C18H22N2O/c1-13-5-8-18(21-2)15(10-13)12-20-9-3-4-14-11-16(19)6-7-17(14)20/h5-8,10-11H,3-4,9,12,19H2,1-2H3. The summed E-state index contributed by atoms with van der Waals surface area (Å²) in [5.74, 6) is 0.961. The lowest BCUT2D eigenvalue weighted by Crippen LogP contribution is -2.29. The van der Waals surface area contributed by atoms with Crippen LogP contribution in [0, 0.1) is 6.92 Å². The van der Waals surface area contributed by atoms with Crippen LogP contribution < -0.4 is 15.4 Å². The zero-order valence-electron chi connectivity index (χ0n) is 12.7. The summed E-state index contributed by atoms with van der Waals surface area (Å²) in [6, 6.07) is 12.6. The molecule has 0 unspecified atom stereocenters. The molecule has 3 nitrogen and oxygen atoms in total. The van der Waals surface area contributed by atoms with Crippen LogP contribution >= 0.6 is 0 Å². The summed E-state index contributed by atoms with van der Waals surface area (Å²) in [7, 11) is 1.74.